The highest BCUT2D eigenvalue weighted by molar-refractivity contribution is 5.83. The van der Waals surface area contributed by atoms with Crippen LogP contribution in [0.3, 0.4) is 0 Å². The van der Waals surface area contributed by atoms with E-state index in [1.54, 1.807) is 19.1 Å². The number of amides is 1. The summed E-state index contributed by atoms with van der Waals surface area (Å²) in [5.74, 6) is -1.46. The van der Waals surface area contributed by atoms with E-state index in [1.165, 1.54) is 12.1 Å². The summed E-state index contributed by atoms with van der Waals surface area (Å²) in [6.45, 7) is 4.17. The number of carbonyl (C=O) groups excluding carboxylic acids is 1. The van der Waals surface area contributed by atoms with Gasteiger partial charge in [-0.25, -0.2) is 4.79 Å². The van der Waals surface area contributed by atoms with E-state index < -0.39 is 16.9 Å². The largest absolute Gasteiger partial charge is 0.480 e. The maximum atomic E-state index is 11.8. The molecule has 0 saturated heterocycles. The van der Waals surface area contributed by atoms with Gasteiger partial charge in [0.1, 0.15) is 6.04 Å². The number of benzene rings is 1. The molecule has 24 heavy (non-hydrogen) atoms. The van der Waals surface area contributed by atoms with Gasteiger partial charge in [0.05, 0.1) is 4.92 Å². The molecule has 0 fully saturated rings. The van der Waals surface area contributed by atoms with Crippen LogP contribution in [0.15, 0.2) is 24.3 Å². The zero-order chi connectivity index (χ0) is 18.1. The monoisotopic (exact) mass is 337 g/mol. The Balaban J connectivity index is 2.34. The van der Waals surface area contributed by atoms with Gasteiger partial charge in [-0.3, -0.25) is 14.9 Å². The zero-order valence-electron chi connectivity index (χ0n) is 13.8. The van der Waals surface area contributed by atoms with Crippen molar-refractivity contribution in [1.29, 1.82) is 0 Å². The van der Waals surface area contributed by atoms with E-state index >= 15 is 0 Å². The first-order chi connectivity index (χ1) is 11.3. The van der Waals surface area contributed by atoms with Crippen LogP contribution >= 0.6 is 0 Å². The second-order valence-electron chi connectivity index (χ2n) is 5.60. The quantitative estimate of drug-likeness (QED) is 0.342. The number of rotatable bonds is 10. The van der Waals surface area contributed by atoms with E-state index in [2.05, 4.69) is 10.6 Å². The van der Waals surface area contributed by atoms with Gasteiger partial charge in [0.25, 0.3) is 5.69 Å². The van der Waals surface area contributed by atoms with Gasteiger partial charge < -0.3 is 15.7 Å². The van der Waals surface area contributed by atoms with Crippen LogP contribution in [0, 0.1) is 16.0 Å². The first kappa shape index (κ1) is 19.4. The van der Waals surface area contributed by atoms with E-state index in [0.29, 0.717) is 19.4 Å². The van der Waals surface area contributed by atoms with Crippen LogP contribution in [0.1, 0.15) is 33.1 Å². The molecule has 0 aliphatic heterocycles. The summed E-state index contributed by atoms with van der Waals surface area (Å²) in [5, 5.41) is 25.3. The minimum Gasteiger partial charge on any atom is -0.480 e. The number of carboxylic acids is 1. The van der Waals surface area contributed by atoms with Crippen LogP contribution in [0.25, 0.3) is 0 Å². The molecule has 3 N–H and O–H groups in total. The summed E-state index contributed by atoms with van der Waals surface area (Å²) < 4.78 is 0. The molecule has 2 atom stereocenters. The summed E-state index contributed by atoms with van der Waals surface area (Å²) >= 11 is 0. The third kappa shape index (κ3) is 6.23. The second-order valence-corrected chi connectivity index (χ2v) is 5.60. The number of hydrogen-bond donors (Lipinski definition) is 3. The Morgan fingerprint density at radius 1 is 1.29 bits per heavy atom. The Morgan fingerprint density at radius 3 is 2.42 bits per heavy atom. The summed E-state index contributed by atoms with van der Waals surface area (Å²) in [6, 6.07) is 5.13. The van der Waals surface area contributed by atoms with Gasteiger partial charge in [-0.2, -0.15) is 0 Å². The minimum absolute atomic E-state index is 0.0182. The van der Waals surface area contributed by atoms with Gasteiger partial charge in [0.15, 0.2) is 0 Å². The highest BCUT2D eigenvalue weighted by Crippen LogP contribution is 2.15. The van der Waals surface area contributed by atoms with Gasteiger partial charge in [0, 0.05) is 30.8 Å². The number of aliphatic carboxylic acids is 1. The minimum atomic E-state index is -1.03. The molecular formula is C16H23N3O5. The van der Waals surface area contributed by atoms with Crippen LogP contribution in [0.2, 0.25) is 0 Å². The van der Waals surface area contributed by atoms with Crippen molar-refractivity contribution in [1.82, 2.24) is 5.32 Å². The van der Waals surface area contributed by atoms with Gasteiger partial charge in [-0.05, 0) is 24.5 Å². The third-order valence-electron chi connectivity index (χ3n) is 3.78. The molecule has 1 aromatic rings. The standard InChI is InChI=1S/C16H23N3O5/c1-3-11(2)15(16(21)22)18-14(20)5-4-10-17-12-6-8-13(9-7-12)19(23)24/h6-9,11,15,17H,3-5,10H2,1-2H3,(H,18,20)(H,21,22). The highest BCUT2D eigenvalue weighted by Gasteiger charge is 2.24. The third-order valence-corrected chi connectivity index (χ3v) is 3.78. The van der Waals surface area contributed by atoms with Crippen LogP contribution in [-0.4, -0.2) is 34.5 Å². The number of hydrogen-bond acceptors (Lipinski definition) is 5. The van der Waals surface area contributed by atoms with Crippen LogP contribution in [0.4, 0.5) is 11.4 Å². The molecule has 8 heteroatoms. The lowest BCUT2D eigenvalue weighted by molar-refractivity contribution is -0.384. The predicted molar refractivity (Wildman–Crippen MR) is 89.8 cm³/mol. The molecule has 1 rings (SSSR count). The van der Waals surface area contributed by atoms with Crippen LogP contribution in [-0.2, 0) is 9.59 Å². The molecule has 0 radical (unpaired) electrons. The molecule has 2 unspecified atom stereocenters. The van der Waals surface area contributed by atoms with Gasteiger partial charge in [-0.15, -0.1) is 0 Å². The first-order valence-electron chi connectivity index (χ1n) is 7.85. The predicted octanol–water partition coefficient (Wildman–Crippen LogP) is 2.40. The summed E-state index contributed by atoms with van der Waals surface area (Å²) in [4.78, 5) is 33.1. The smallest absolute Gasteiger partial charge is 0.326 e. The first-order valence-corrected chi connectivity index (χ1v) is 7.85. The normalized spacial score (nSPS) is 12.9. The molecule has 132 valence electrons. The molecule has 0 spiro atoms. The number of nitro groups is 1. The molecule has 0 aliphatic rings. The van der Waals surface area contributed by atoms with E-state index in [1.807, 2.05) is 6.92 Å². The average Bonchev–Trinajstić information content (AvgIpc) is 2.56. The van der Waals surface area contributed by atoms with E-state index in [9.17, 15) is 19.7 Å². The maximum absolute atomic E-state index is 11.8. The summed E-state index contributed by atoms with van der Waals surface area (Å²) in [5.41, 5.74) is 0.744. The van der Waals surface area contributed by atoms with Crippen molar-refractivity contribution in [3.05, 3.63) is 34.4 Å². The molecule has 0 heterocycles. The number of carbonyl (C=O) groups is 2. The molecule has 1 aromatic carbocycles. The van der Waals surface area contributed by atoms with Crippen molar-refractivity contribution in [2.75, 3.05) is 11.9 Å². The van der Waals surface area contributed by atoms with Crippen molar-refractivity contribution >= 4 is 23.3 Å². The molecule has 0 aliphatic carbocycles. The topological polar surface area (TPSA) is 122 Å². The zero-order valence-corrected chi connectivity index (χ0v) is 13.8. The van der Waals surface area contributed by atoms with Crippen molar-refractivity contribution < 1.29 is 19.6 Å². The fourth-order valence-electron chi connectivity index (χ4n) is 2.11. The van der Waals surface area contributed by atoms with E-state index in [-0.39, 0.29) is 23.9 Å². The fraction of sp³-hybridized carbons (Fsp3) is 0.500. The fourth-order valence-corrected chi connectivity index (χ4v) is 2.11. The Morgan fingerprint density at radius 2 is 1.92 bits per heavy atom. The van der Waals surface area contributed by atoms with Crippen molar-refractivity contribution in [3.8, 4) is 0 Å². The van der Waals surface area contributed by atoms with Gasteiger partial charge in [-0.1, -0.05) is 20.3 Å². The lowest BCUT2D eigenvalue weighted by Crippen LogP contribution is -2.45. The lowest BCUT2D eigenvalue weighted by Gasteiger charge is -2.20. The Kier molecular flexibility index (Phi) is 7.67. The van der Waals surface area contributed by atoms with Crippen LogP contribution < -0.4 is 10.6 Å². The average molecular weight is 337 g/mol. The van der Waals surface area contributed by atoms with Crippen molar-refractivity contribution in [2.24, 2.45) is 5.92 Å². The number of anilines is 1. The number of nitrogens with zero attached hydrogens (tertiary/aromatic N) is 1. The van der Waals surface area contributed by atoms with Crippen molar-refractivity contribution in [2.45, 2.75) is 39.2 Å². The molecule has 8 nitrogen and oxygen atoms in total. The summed E-state index contributed by atoms with van der Waals surface area (Å²) in [6.07, 6.45) is 1.40. The maximum Gasteiger partial charge on any atom is 0.326 e. The van der Waals surface area contributed by atoms with Crippen LogP contribution in [0.5, 0.6) is 0 Å². The van der Waals surface area contributed by atoms with Gasteiger partial charge >= 0.3 is 5.97 Å². The second kappa shape index (κ2) is 9.49. The molecule has 0 saturated carbocycles. The van der Waals surface area contributed by atoms with Crippen molar-refractivity contribution in [3.63, 3.8) is 0 Å². The number of nitrogens with one attached hydrogen (secondary N) is 2. The number of carboxylic acid groups (broad SMARTS) is 1. The number of non-ortho nitro benzene ring substituents is 1. The van der Waals surface area contributed by atoms with Gasteiger partial charge in [0.2, 0.25) is 5.91 Å². The molecule has 0 bridgehead atoms. The molecule has 1 amide bonds. The lowest BCUT2D eigenvalue weighted by atomic mass is 9.99. The van der Waals surface area contributed by atoms with E-state index in [4.69, 9.17) is 5.11 Å². The highest BCUT2D eigenvalue weighted by atomic mass is 16.6. The van der Waals surface area contributed by atoms with E-state index in [0.717, 1.165) is 5.69 Å². The number of nitro benzene ring substituents is 1. The SMILES string of the molecule is CCC(C)C(NC(=O)CCCNc1ccc([N+](=O)[O-])cc1)C(=O)O. The Labute approximate surface area is 140 Å². The summed E-state index contributed by atoms with van der Waals surface area (Å²) in [7, 11) is 0. The molecular weight excluding hydrogens is 314 g/mol. The molecule has 0 aromatic heterocycles. The Hall–Kier alpha value is -2.64. The Bertz CT molecular complexity index is 574.